The van der Waals surface area contributed by atoms with Crippen LogP contribution in [0.25, 0.3) is 11.0 Å². The van der Waals surface area contributed by atoms with E-state index >= 15 is 0 Å². The van der Waals surface area contributed by atoms with Crippen LogP contribution in [0.1, 0.15) is 43.6 Å². The summed E-state index contributed by atoms with van der Waals surface area (Å²) in [5.74, 6) is 0.548. The molecule has 0 spiro atoms. The summed E-state index contributed by atoms with van der Waals surface area (Å²) >= 11 is 0. The van der Waals surface area contributed by atoms with Gasteiger partial charge in [-0.1, -0.05) is 12.8 Å². The van der Waals surface area contributed by atoms with E-state index in [0.29, 0.717) is 30.8 Å². The quantitative estimate of drug-likeness (QED) is 0.458. The molecule has 1 aliphatic heterocycles. The lowest BCUT2D eigenvalue weighted by molar-refractivity contribution is 0.248. The number of urea groups is 1. The summed E-state index contributed by atoms with van der Waals surface area (Å²) in [5.41, 5.74) is 2.44. The van der Waals surface area contributed by atoms with Gasteiger partial charge in [0, 0.05) is 37.5 Å². The number of nitrogens with zero attached hydrogens (tertiary/aromatic N) is 4. The Morgan fingerprint density at radius 3 is 2.84 bits per heavy atom. The van der Waals surface area contributed by atoms with E-state index in [1.165, 1.54) is 0 Å². The molecule has 1 atom stereocenters. The monoisotopic (exact) mass is 460 g/mol. The van der Waals surface area contributed by atoms with Gasteiger partial charge in [-0.3, -0.25) is 19.5 Å². The number of hydrogen-bond donors (Lipinski definition) is 2. The summed E-state index contributed by atoms with van der Waals surface area (Å²) in [6.45, 7) is 1.42. The van der Waals surface area contributed by atoms with E-state index < -0.39 is 10.1 Å². The zero-order chi connectivity index (χ0) is 22.6. The Morgan fingerprint density at radius 1 is 1.25 bits per heavy atom. The molecule has 1 aliphatic carbocycles. The van der Waals surface area contributed by atoms with Crippen LogP contribution in [0.5, 0.6) is 0 Å². The van der Waals surface area contributed by atoms with Gasteiger partial charge < -0.3 is 5.32 Å². The van der Waals surface area contributed by atoms with E-state index in [9.17, 15) is 13.2 Å². The fraction of sp³-hybridized carbons (Fsp3) is 0.524. The molecule has 0 radical (unpaired) electrons. The van der Waals surface area contributed by atoms with Crippen LogP contribution in [-0.2, 0) is 14.3 Å². The molecule has 1 unspecified atom stereocenters. The summed E-state index contributed by atoms with van der Waals surface area (Å²) in [6, 6.07) is 5.57. The minimum Gasteiger partial charge on any atom is -0.335 e. The highest BCUT2D eigenvalue weighted by molar-refractivity contribution is 7.85. The lowest BCUT2D eigenvalue weighted by Gasteiger charge is -2.16. The zero-order valence-electron chi connectivity index (χ0n) is 18.0. The highest BCUT2D eigenvalue weighted by Crippen LogP contribution is 2.23. The Hall–Kier alpha value is -2.79. The van der Waals surface area contributed by atoms with Gasteiger partial charge in [-0.2, -0.15) is 13.5 Å². The Bertz CT molecular complexity index is 1100. The van der Waals surface area contributed by atoms with Crippen LogP contribution in [0, 0.1) is 0 Å². The molecule has 10 nitrogen and oxygen atoms in total. The first-order valence-corrected chi connectivity index (χ1v) is 12.6. The standard InChI is InChI=1S/C21H28N6O4S/c1-32(29,30)31-10-4-9-27-14-16(13-23-27)15-11-19-18(22-12-15)7-8-20(25-19)26-21(28)24-17-5-2-3-6-17/h7-8,11-13,16-17H,2-6,9-10,14H2,1H3,(H2,24,25,26,28). The van der Waals surface area contributed by atoms with Gasteiger partial charge >= 0.3 is 6.03 Å². The van der Waals surface area contributed by atoms with Crippen LogP contribution in [0.4, 0.5) is 10.6 Å². The van der Waals surface area contributed by atoms with Crippen molar-refractivity contribution in [3.63, 3.8) is 0 Å². The van der Waals surface area contributed by atoms with Crippen LogP contribution >= 0.6 is 0 Å². The number of anilines is 1. The van der Waals surface area contributed by atoms with Crippen molar-refractivity contribution in [1.29, 1.82) is 0 Å². The van der Waals surface area contributed by atoms with Crippen molar-refractivity contribution < 1.29 is 17.4 Å². The first kappa shape index (κ1) is 22.4. The molecule has 2 aliphatic rings. The molecule has 0 saturated heterocycles. The van der Waals surface area contributed by atoms with Crippen molar-refractivity contribution in [2.45, 2.75) is 44.1 Å². The average Bonchev–Trinajstić information content (AvgIpc) is 3.42. The molecular weight excluding hydrogens is 432 g/mol. The topological polar surface area (TPSA) is 126 Å². The highest BCUT2D eigenvalue weighted by atomic mass is 32.2. The number of rotatable bonds is 8. The SMILES string of the molecule is CS(=O)(=O)OCCCN1CC(c2cnc3ccc(NC(=O)NC4CCCC4)nc3c2)C=N1. The van der Waals surface area contributed by atoms with Crippen molar-refractivity contribution in [3.8, 4) is 0 Å². The van der Waals surface area contributed by atoms with E-state index in [4.69, 9.17) is 4.18 Å². The van der Waals surface area contributed by atoms with Gasteiger partial charge in [0.2, 0.25) is 0 Å². The lowest BCUT2D eigenvalue weighted by atomic mass is 10.0. The molecule has 1 saturated carbocycles. The third-order valence-corrected chi connectivity index (χ3v) is 6.19. The second-order valence-electron chi connectivity index (χ2n) is 8.25. The van der Waals surface area contributed by atoms with Crippen molar-refractivity contribution in [3.05, 3.63) is 30.0 Å². The van der Waals surface area contributed by atoms with Crippen molar-refractivity contribution in [2.24, 2.45) is 5.10 Å². The fourth-order valence-corrected chi connectivity index (χ4v) is 4.42. The fourth-order valence-electron chi connectivity index (χ4n) is 4.00. The molecule has 11 heteroatoms. The maximum absolute atomic E-state index is 12.2. The molecule has 32 heavy (non-hydrogen) atoms. The second kappa shape index (κ2) is 9.78. The number of carbonyl (C=O) groups excluding carboxylic acids is 1. The number of hydrazone groups is 1. The van der Waals surface area contributed by atoms with E-state index in [2.05, 4.69) is 25.7 Å². The number of hydrogen-bond acceptors (Lipinski definition) is 8. The molecule has 1 fully saturated rings. The van der Waals surface area contributed by atoms with Crippen LogP contribution in [0.2, 0.25) is 0 Å². The Kier molecular flexibility index (Phi) is 6.85. The molecular formula is C21H28N6O4S. The van der Waals surface area contributed by atoms with Crippen LogP contribution in [0.3, 0.4) is 0 Å². The predicted molar refractivity (Wildman–Crippen MR) is 122 cm³/mol. The minimum atomic E-state index is -3.41. The molecule has 0 aromatic carbocycles. The van der Waals surface area contributed by atoms with Crippen molar-refractivity contribution >= 4 is 39.2 Å². The van der Waals surface area contributed by atoms with Crippen LogP contribution in [-0.4, -0.2) is 67.6 Å². The van der Waals surface area contributed by atoms with E-state index in [-0.39, 0.29) is 24.6 Å². The normalized spacial score (nSPS) is 19.0. The largest absolute Gasteiger partial charge is 0.335 e. The summed E-state index contributed by atoms with van der Waals surface area (Å²) in [7, 11) is -3.41. The maximum atomic E-state index is 12.2. The molecule has 0 bridgehead atoms. The molecule has 2 aromatic heterocycles. The van der Waals surface area contributed by atoms with Crippen LogP contribution in [0.15, 0.2) is 29.5 Å². The molecule has 4 rings (SSSR count). The number of fused-ring (bicyclic) bond motifs is 1. The van der Waals surface area contributed by atoms with Crippen molar-refractivity contribution in [1.82, 2.24) is 20.3 Å². The van der Waals surface area contributed by atoms with Gasteiger partial charge in [-0.05, 0) is 43.0 Å². The van der Waals surface area contributed by atoms with E-state index in [0.717, 1.165) is 43.0 Å². The number of pyridine rings is 2. The first-order valence-electron chi connectivity index (χ1n) is 10.8. The summed E-state index contributed by atoms with van der Waals surface area (Å²) in [4.78, 5) is 21.3. The van der Waals surface area contributed by atoms with Gasteiger partial charge in [-0.15, -0.1) is 0 Å². The first-order chi connectivity index (χ1) is 15.4. The Balaban J connectivity index is 1.34. The average molecular weight is 461 g/mol. The number of carbonyl (C=O) groups is 1. The van der Waals surface area contributed by atoms with Gasteiger partial charge in [0.25, 0.3) is 10.1 Å². The molecule has 2 aromatic rings. The third kappa shape index (κ3) is 6.13. The summed E-state index contributed by atoms with van der Waals surface area (Å²) in [5, 5.41) is 12.1. The number of aromatic nitrogens is 2. The van der Waals surface area contributed by atoms with E-state index in [1.54, 1.807) is 6.07 Å². The Morgan fingerprint density at radius 2 is 2.06 bits per heavy atom. The molecule has 2 N–H and O–H groups in total. The predicted octanol–water partition coefficient (Wildman–Crippen LogP) is 2.45. The summed E-state index contributed by atoms with van der Waals surface area (Å²) in [6.07, 6.45) is 9.64. The minimum absolute atomic E-state index is 0.0619. The smallest absolute Gasteiger partial charge is 0.320 e. The lowest BCUT2D eigenvalue weighted by Crippen LogP contribution is -2.36. The van der Waals surface area contributed by atoms with Gasteiger partial charge in [0.05, 0.1) is 23.9 Å². The molecule has 3 heterocycles. The van der Waals surface area contributed by atoms with Gasteiger partial charge in [0.15, 0.2) is 0 Å². The maximum Gasteiger partial charge on any atom is 0.320 e. The molecule has 2 amide bonds. The van der Waals surface area contributed by atoms with Gasteiger partial charge in [-0.25, -0.2) is 9.78 Å². The van der Waals surface area contributed by atoms with Gasteiger partial charge in [0.1, 0.15) is 5.82 Å². The second-order valence-corrected chi connectivity index (χ2v) is 9.89. The summed E-state index contributed by atoms with van der Waals surface area (Å²) < 4.78 is 26.8. The third-order valence-electron chi connectivity index (χ3n) is 5.59. The zero-order valence-corrected chi connectivity index (χ0v) is 18.8. The molecule has 172 valence electrons. The van der Waals surface area contributed by atoms with Crippen LogP contribution < -0.4 is 10.6 Å². The van der Waals surface area contributed by atoms with Crippen molar-refractivity contribution in [2.75, 3.05) is 31.3 Å². The number of amides is 2. The Labute approximate surface area is 187 Å². The number of nitrogens with one attached hydrogen (secondary N) is 2. The van der Waals surface area contributed by atoms with E-state index in [1.807, 2.05) is 29.6 Å². The highest BCUT2D eigenvalue weighted by Gasteiger charge is 2.21.